The van der Waals surface area contributed by atoms with Gasteiger partial charge in [0.05, 0.1) is 15.6 Å². The third-order valence-electron chi connectivity index (χ3n) is 1.69. The van der Waals surface area contributed by atoms with E-state index in [0.29, 0.717) is 26.9 Å². The average Bonchev–Trinajstić information content (AvgIpc) is 2.08. The monoisotopic (exact) mass is 374 g/mol. The molecule has 0 aliphatic heterocycles. The Hall–Kier alpha value is -0.140. The molecule has 7 heteroatoms. The molecule has 3 nitrogen and oxygen atoms in total. The Morgan fingerprint density at radius 3 is 2.19 bits per heavy atom. The number of ether oxygens (including phenoxy) is 1. The van der Waals surface area contributed by atoms with Crippen LogP contribution in [-0.2, 0) is 16.0 Å². The van der Waals surface area contributed by atoms with Gasteiger partial charge in [-0.1, -0.05) is 0 Å². The van der Waals surface area contributed by atoms with E-state index in [9.17, 15) is 12.3 Å². The molecule has 0 fully saturated rings. The highest BCUT2D eigenvalue weighted by Gasteiger charge is 2.13. The number of hydrogen-bond acceptors (Lipinski definition) is 3. The van der Waals surface area contributed by atoms with E-state index in [1.807, 2.05) is 6.92 Å². The summed E-state index contributed by atoms with van der Waals surface area (Å²) in [6, 6.07) is 3.04. The van der Waals surface area contributed by atoms with Crippen LogP contribution < -0.4 is 4.74 Å². The van der Waals surface area contributed by atoms with E-state index in [4.69, 9.17) is 4.74 Å². The zero-order chi connectivity index (χ0) is 12.3. The van der Waals surface area contributed by atoms with Crippen LogP contribution in [0, 0.1) is 0 Å². The Kier molecular flexibility index (Phi) is 4.75. The molecule has 0 N–H and O–H groups in total. The predicted molar refractivity (Wildman–Crippen MR) is 66.7 cm³/mol. The first-order valence-electron chi connectivity index (χ1n) is 4.36. The first-order chi connectivity index (χ1) is 7.33. The van der Waals surface area contributed by atoms with Gasteiger partial charge in [-0.3, -0.25) is 0 Å². The summed E-state index contributed by atoms with van der Waals surface area (Å²) in [5.74, 6) is -0.0705. The predicted octanol–water partition coefficient (Wildman–Crippen LogP) is 3.41. The Bertz CT molecular complexity index is 465. The van der Waals surface area contributed by atoms with E-state index < -0.39 is 16.0 Å². The second kappa shape index (κ2) is 5.46. The molecule has 0 radical (unpaired) electrons. The van der Waals surface area contributed by atoms with Gasteiger partial charge in [-0.25, -0.2) is 0 Å². The number of hydrogen-bond donors (Lipinski definition) is 0. The fourth-order valence-corrected chi connectivity index (χ4v) is 3.25. The van der Waals surface area contributed by atoms with Gasteiger partial charge in [0.15, 0.2) is 0 Å². The standard InChI is InChI=1S/C9H9Br2FO3S/c1-2-15-9-7(10)3-6(4-8(9)11)5-16(12,13)14/h3-4H,2,5H2,1H3. The van der Waals surface area contributed by atoms with E-state index in [2.05, 4.69) is 31.9 Å². The van der Waals surface area contributed by atoms with Crippen molar-refractivity contribution in [3.63, 3.8) is 0 Å². The van der Waals surface area contributed by atoms with Gasteiger partial charge in [0.2, 0.25) is 0 Å². The van der Waals surface area contributed by atoms with E-state index in [0.717, 1.165) is 0 Å². The van der Waals surface area contributed by atoms with Crippen molar-refractivity contribution in [3.8, 4) is 5.75 Å². The van der Waals surface area contributed by atoms with Crippen molar-refractivity contribution in [2.75, 3.05) is 6.61 Å². The highest BCUT2D eigenvalue weighted by Crippen LogP contribution is 2.35. The van der Waals surface area contributed by atoms with Crippen LogP contribution in [0.25, 0.3) is 0 Å². The molecule has 0 aromatic heterocycles. The fourth-order valence-electron chi connectivity index (χ4n) is 1.18. The zero-order valence-corrected chi connectivity index (χ0v) is 12.3. The molecule has 1 aromatic carbocycles. The van der Waals surface area contributed by atoms with Crippen molar-refractivity contribution < 1.29 is 17.0 Å². The van der Waals surface area contributed by atoms with Crippen molar-refractivity contribution in [2.24, 2.45) is 0 Å². The number of rotatable bonds is 4. The minimum absolute atomic E-state index is 0.352. The minimum atomic E-state index is -4.52. The van der Waals surface area contributed by atoms with Crippen LogP contribution in [0.5, 0.6) is 5.75 Å². The maximum atomic E-state index is 12.5. The van der Waals surface area contributed by atoms with Gasteiger partial charge >= 0.3 is 10.2 Å². The zero-order valence-electron chi connectivity index (χ0n) is 8.34. The molecule has 90 valence electrons. The van der Waals surface area contributed by atoms with Crippen LogP contribution >= 0.6 is 31.9 Å². The maximum absolute atomic E-state index is 12.5. The van der Waals surface area contributed by atoms with Gasteiger partial charge in [-0.05, 0) is 56.5 Å². The second-order valence-corrected chi connectivity index (χ2v) is 6.08. The molecule has 0 unspecified atom stereocenters. The normalized spacial score (nSPS) is 11.5. The second-order valence-electron chi connectivity index (χ2n) is 3.00. The highest BCUT2D eigenvalue weighted by molar-refractivity contribution is 9.11. The van der Waals surface area contributed by atoms with Crippen LogP contribution in [0.3, 0.4) is 0 Å². The topological polar surface area (TPSA) is 43.4 Å². The van der Waals surface area contributed by atoms with Gasteiger partial charge in [-0.15, -0.1) is 3.89 Å². The molecule has 1 rings (SSSR count). The molecule has 0 atom stereocenters. The molecule has 0 aliphatic rings. The Morgan fingerprint density at radius 2 is 1.81 bits per heavy atom. The molecular weight excluding hydrogens is 367 g/mol. The molecule has 0 aliphatic carbocycles. The van der Waals surface area contributed by atoms with Gasteiger partial charge < -0.3 is 4.74 Å². The summed E-state index contributed by atoms with van der Waals surface area (Å²) in [6.07, 6.45) is 0. The lowest BCUT2D eigenvalue weighted by Crippen LogP contribution is -1.99. The molecular formula is C9H9Br2FO3S. The summed E-state index contributed by atoms with van der Waals surface area (Å²) in [7, 11) is -4.52. The summed E-state index contributed by atoms with van der Waals surface area (Å²) >= 11 is 6.47. The summed E-state index contributed by atoms with van der Waals surface area (Å²) in [5.41, 5.74) is 0.352. The van der Waals surface area contributed by atoms with Crippen LogP contribution in [0.1, 0.15) is 12.5 Å². The van der Waals surface area contributed by atoms with Gasteiger partial charge in [0.1, 0.15) is 11.5 Å². The summed E-state index contributed by atoms with van der Waals surface area (Å²) in [4.78, 5) is 0. The first-order valence-corrected chi connectivity index (χ1v) is 7.50. The van der Waals surface area contributed by atoms with E-state index >= 15 is 0 Å². The van der Waals surface area contributed by atoms with Crippen LogP contribution in [0.4, 0.5) is 3.89 Å². The quantitative estimate of drug-likeness (QED) is 0.757. The van der Waals surface area contributed by atoms with Crippen LogP contribution in [0.15, 0.2) is 21.1 Å². The largest absolute Gasteiger partial charge is 0.492 e. The van der Waals surface area contributed by atoms with Gasteiger partial charge in [0, 0.05) is 0 Å². The van der Waals surface area contributed by atoms with Gasteiger partial charge in [-0.2, -0.15) is 8.42 Å². The molecule has 0 saturated carbocycles. The number of benzene rings is 1. The molecule has 16 heavy (non-hydrogen) atoms. The minimum Gasteiger partial charge on any atom is -0.492 e. The lowest BCUT2D eigenvalue weighted by molar-refractivity contribution is 0.336. The third-order valence-corrected chi connectivity index (χ3v) is 3.54. The Morgan fingerprint density at radius 1 is 1.31 bits per heavy atom. The molecule has 0 spiro atoms. The van der Waals surface area contributed by atoms with Crippen molar-refractivity contribution >= 4 is 42.1 Å². The Balaban J connectivity index is 3.09. The molecule has 0 heterocycles. The van der Waals surface area contributed by atoms with Crippen molar-refractivity contribution in [2.45, 2.75) is 12.7 Å². The lowest BCUT2D eigenvalue weighted by atomic mass is 10.2. The fraction of sp³-hybridized carbons (Fsp3) is 0.333. The third kappa shape index (κ3) is 4.03. The Labute approximate surface area is 110 Å². The highest BCUT2D eigenvalue weighted by atomic mass is 79.9. The summed E-state index contributed by atoms with van der Waals surface area (Å²) < 4.78 is 40.0. The van der Waals surface area contributed by atoms with Crippen LogP contribution in [0.2, 0.25) is 0 Å². The van der Waals surface area contributed by atoms with Crippen molar-refractivity contribution in [1.82, 2.24) is 0 Å². The van der Waals surface area contributed by atoms with E-state index in [-0.39, 0.29) is 0 Å². The van der Waals surface area contributed by atoms with Crippen LogP contribution in [-0.4, -0.2) is 15.0 Å². The first kappa shape index (κ1) is 13.9. The lowest BCUT2D eigenvalue weighted by Gasteiger charge is -2.09. The van der Waals surface area contributed by atoms with Crippen molar-refractivity contribution in [3.05, 3.63) is 26.6 Å². The SMILES string of the molecule is CCOc1c(Br)cc(CS(=O)(=O)F)cc1Br. The molecule has 0 amide bonds. The maximum Gasteiger partial charge on any atom is 0.306 e. The summed E-state index contributed by atoms with van der Waals surface area (Å²) in [6.45, 7) is 2.32. The smallest absolute Gasteiger partial charge is 0.306 e. The number of halogens is 3. The molecule has 0 saturated heterocycles. The van der Waals surface area contributed by atoms with E-state index in [1.165, 1.54) is 12.1 Å². The average molecular weight is 376 g/mol. The van der Waals surface area contributed by atoms with Gasteiger partial charge in [0.25, 0.3) is 0 Å². The molecule has 0 bridgehead atoms. The van der Waals surface area contributed by atoms with Crippen molar-refractivity contribution in [1.29, 1.82) is 0 Å². The summed E-state index contributed by atoms with van der Waals surface area (Å²) in [5, 5.41) is 0. The molecule has 1 aromatic rings. The van der Waals surface area contributed by atoms with E-state index in [1.54, 1.807) is 0 Å².